The van der Waals surface area contributed by atoms with Gasteiger partial charge in [-0.3, -0.25) is 9.79 Å². The first kappa shape index (κ1) is 24.7. The molecule has 2 saturated heterocycles. The molecule has 0 spiro atoms. The molecule has 2 aliphatic heterocycles. The summed E-state index contributed by atoms with van der Waals surface area (Å²) in [7, 11) is 0. The molecule has 0 saturated carbocycles. The molecule has 1 aromatic carbocycles. The molecule has 7 nitrogen and oxygen atoms in total. The van der Waals surface area contributed by atoms with Crippen LogP contribution in [-0.4, -0.2) is 79.1 Å². The van der Waals surface area contributed by atoms with Gasteiger partial charge < -0.3 is 25.5 Å². The van der Waals surface area contributed by atoms with E-state index < -0.39 is 0 Å². The monoisotopic (exact) mass is 529 g/mol. The Morgan fingerprint density at radius 3 is 2.57 bits per heavy atom. The van der Waals surface area contributed by atoms with Crippen molar-refractivity contribution in [3.63, 3.8) is 0 Å². The number of hydrogen-bond acceptors (Lipinski definition) is 4. The Balaban J connectivity index is 0.00000320. The first-order valence-electron chi connectivity index (χ1n) is 11.0. The molecule has 0 bridgehead atoms. The van der Waals surface area contributed by atoms with Gasteiger partial charge in [0.1, 0.15) is 5.75 Å². The van der Waals surface area contributed by atoms with E-state index in [2.05, 4.69) is 27.4 Å². The molecule has 1 unspecified atom stereocenters. The van der Waals surface area contributed by atoms with E-state index in [1.807, 2.05) is 0 Å². The molecule has 0 aromatic heterocycles. The summed E-state index contributed by atoms with van der Waals surface area (Å²) in [6.45, 7) is 9.77. The van der Waals surface area contributed by atoms with Crippen LogP contribution >= 0.6 is 24.0 Å². The van der Waals surface area contributed by atoms with Gasteiger partial charge in [-0.15, -0.1) is 24.0 Å². The van der Waals surface area contributed by atoms with Crippen LogP contribution in [0.3, 0.4) is 0 Å². The zero-order valence-corrected chi connectivity index (χ0v) is 20.3. The van der Waals surface area contributed by atoms with Crippen molar-refractivity contribution < 1.29 is 9.90 Å². The lowest BCUT2D eigenvalue weighted by Gasteiger charge is -2.29. The topological polar surface area (TPSA) is 80.2 Å². The number of hydrogen-bond donors (Lipinski definition) is 3. The predicted octanol–water partition coefficient (Wildman–Crippen LogP) is 2.51. The smallest absolute Gasteiger partial charge is 0.251 e. The van der Waals surface area contributed by atoms with Gasteiger partial charge in [0.05, 0.1) is 6.54 Å². The lowest BCUT2D eigenvalue weighted by atomic mass is 10.1. The summed E-state index contributed by atoms with van der Waals surface area (Å²) in [4.78, 5) is 21.8. The molecule has 3 rings (SSSR count). The molecule has 168 valence electrons. The molecule has 30 heavy (non-hydrogen) atoms. The second-order valence-electron chi connectivity index (χ2n) is 8.00. The van der Waals surface area contributed by atoms with Crippen molar-refractivity contribution in [2.75, 3.05) is 52.4 Å². The first-order chi connectivity index (χ1) is 14.2. The van der Waals surface area contributed by atoms with Gasteiger partial charge in [-0.2, -0.15) is 0 Å². The number of nitrogens with one attached hydrogen (secondary N) is 2. The third-order valence-corrected chi connectivity index (χ3v) is 5.67. The number of aliphatic imine (C=N–C) groups is 1. The minimum absolute atomic E-state index is 0. The SMILES string of the molecule is CCNC(=NCCNC(=O)c1ccc(O)cc1)N1CCC(CN2CCCCC2)C1.I. The van der Waals surface area contributed by atoms with Crippen molar-refractivity contribution in [2.45, 2.75) is 32.6 Å². The van der Waals surface area contributed by atoms with Gasteiger partial charge in [-0.25, -0.2) is 0 Å². The van der Waals surface area contributed by atoms with Crippen LogP contribution in [0.4, 0.5) is 0 Å². The van der Waals surface area contributed by atoms with Crippen molar-refractivity contribution >= 4 is 35.8 Å². The normalized spacial score (nSPS) is 20.0. The third kappa shape index (κ3) is 7.61. The Kier molecular flexibility index (Phi) is 10.7. The Labute approximate surface area is 197 Å². The van der Waals surface area contributed by atoms with Crippen LogP contribution in [0.5, 0.6) is 5.75 Å². The highest BCUT2D eigenvalue weighted by molar-refractivity contribution is 14.0. The Hall–Kier alpha value is -1.55. The summed E-state index contributed by atoms with van der Waals surface area (Å²) in [5, 5.41) is 15.6. The molecular weight excluding hydrogens is 493 g/mol. The maximum atomic E-state index is 12.1. The number of nitrogens with zero attached hydrogens (tertiary/aromatic N) is 3. The highest BCUT2D eigenvalue weighted by atomic mass is 127. The number of phenolic OH excluding ortho intramolecular Hbond substituents is 1. The van der Waals surface area contributed by atoms with Gasteiger partial charge in [-0.05, 0) is 69.5 Å². The van der Waals surface area contributed by atoms with Crippen molar-refractivity contribution in [2.24, 2.45) is 10.9 Å². The van der Waals surface area contributed by atoms with Crippen LogP contribution in [0.15, 0.2) is 29.3 Å². The van der Waals surface area contributed by atoms with Crippen LogP contribution in [0.25, 0.3) is 0 Å². The summed E-state index contributed by atoms with van der Waals surface area (Å²) in [5.74, 6) is 1.68. The average Bonchev–Trinajstić information content (AvgIpc) is 3.19. The Morgan fingerprint density at radius 1 is 1.13 bits per heavy atom. The fraction of sp³-hybridized carbons (Fsp3) is 0.636. The van der Waals surface area contributed by atoms with Gasteiger partial charge in [-0.1, -0.05) is 6.42 Å². The fourth-order valence-electron chi connectivity index (χ4n) is 4.15. The maximum Gasteiger partial charge on any atom is 0.251 e. The largest absolute Gasteiger partial charge is 0.508 e. The standard InChI is InChI=1S/C22H35N5O2.HI/c1-2-23-22(25-12-11-24-21(29)19-6-8-20(28)9-7-19)27-15-10-18(17-27)16-26-13-4-3-5-14-26;/h6-9,18,28H,2-5,10-17H2,1H3,(H,23,25)(H,24,29);1H. The van der Waals surface area contributed by atoms with Crippen LogP contribution in [0.2, 0.25) is 0 Å². The molecule has 1 amide bonds. The minimum atomic E-state index is -0.145. The molecule has 1 aromatic rings. The van der Waals surface area contributed by atoms with E-state index >= 15 is 0 Å². The van der Waals surface area contributed by atoms with Crippen molar-refractivity contribution in [3.8, 4) is 5.75 Å². The zero-order valence-electron chi connectivity index (χ0n) is 18.0. The maximum absolute atomic E-state index is 12.1. The molecule has 2 fully saturated rings. The predicted molar refractivity (Wildman–Crippen MR) is 132 cm³/mol. The minimum Gasteiger partial charge on any atom is -0.508 e. The Morgan fingerprint density at radius 2 is 1.87 bits per heavy atom. The van der Waals surface area contributed by atoms with Gasteiger partial charge >= 0.3 is 0 Å². The molecule has 3 N–H and O–H groups in total. The van der Waals surface area contributed by atoms with Gasteiger partial charge in [0.25, 0.3) is 5.91 Å². The number of aromatic hydroxyl groups is 1. The highest BCUT2D eigenvalue weighted by Crippen LogP contribution is 2.20. The highest BCUT2D eigenvalue weighted by Gasteiger charge is 2.26. The molecular formula is C22H36IN5O2. The summed E-state index contributed by atoms with van der Waals surface area (Å²) < 4.78 is 0. The van der Waals surface area contributed by atoms with Gasteiger partial charge in [0.15, 0.2) is 5.96 Å². The number of guanidine groups is 1. The molecule has 8 heteroatoms. The number of carbonyl (C=O) groups excluding carboxylic acids is 1. The number of halogens is 1. The van der Waals surface area contributed by atoms with E-state index in [4.69, 9.17) is 4.99 Å². The first-order valence-corrected chi connectivity index (χ1v) is 11.0. The van der Waals surface area contributed by atoms with E-state index in [1.54, 1.807) is 12.1 Å². The second kappa shape index (κ2) is 13.0. The number of rotatable bonds is 7. The summed E-state index contributed by atoms with van der Waals surface area (Å²) >= 11 is 0. The number of benzene rings is 1. The lowest BCUT2D eigenvalue weighted by molar-refractivity contribution is 0.0955. The van der Waals surface area contributed by atoms with Crippen molar-refractivity contribution in [1.82, 2.24) is 20.4 Å². The van der Waals surface area contributed by atoms with Crippen LogP contribution in [-0.2, 0) is 0 Å². The van der Waals surface area contributed by atoms with Gasteiger partial charge in [0.2, 0.25) is 0 Å². The zero-order chi connectivity index (χ0) is 20.5. The number of carbonyl (C=O) groups is 1. The van der Waals surface area contributed by atoms with Crippen LogP contribution in [0.1, 0.15) is 43.0 Å². The van der Waals surface area contributed by atoms with E-state index in [1.165, 1.54) is 57.5 Å². The number of piperidine rings is 1. The van der Waals surface area contributed by atoms with E-state index in [-0.39, 0.29) is 35.6 Å². The van der Waals surface area contributed by atoms with Crippen molar-refractivity contribution in [3.05, 3.63) is 29.8 Å². The molecule has 0 aliphatic carbocycles. The second-order valence-corrected chi connectivity index (χ2v) is 8.00. The number of phenols is 1. The van der Waals surface area contributed by atoms with Crippen molar-refractivity contribution in [1.29, 1.82) is 0 Å². The molecule has 2 heterocycles. The Bertz CT molecular complexity index is 677. The lowest BCUT2D eigenvalue weighted by Crippen LogP contribution is -2.41. The fourth-order valence-corrected chi connectivity index (χ4v) is 4.15. The van der Waals surface area contributed by atoms with E-state index in [0.717, 1.165) is 25.6 Å². The average molecular weight is 529 g/mol. The van der Waals surface area contributed by atoms with E-state index in [0.29, 0.717) is 24.6 Å². The van der Waals surface area contributed by atoms with Crippen LogP contribution in [0, 0.1) is 5.92 Å². The van der Waals surface area contributed by atoms with Gasteiger partial charge in [0, 0.05) is 38.3 Å². The molecule has 0 radical (unpaired) electrons. The molecule has 2 aliphatic rings. The number of likely N-dealkylation sites (tertiary alicyclic amines) is 2. The van der Waals surface area contributed by atoms with Crippen LogP contribution < -0.4 is 10.6 Å². The third-order valence-electron chi connectivity index (χ3n) is 5.67. The summed E-state index contributed by atoms with van der Waals surface area (Å²) in [6, 6.07) is 6.27. The quantitative estimate of drug-likeness (QED) is 0.219. The summed E-state index contributed by atoms with van der Waals surface area (Å²) in [6.07, 6.45) is 5.29. The molecule has 1 atom stereocenters. The van der Waals surface area contributed by atoms with E-state index in [9.17, 15) is 9.90 Å². The summed E-state index contributed by atoms with van der Waals surface area (Å²) in [5.41, 5.74) is 0.541. The number of amides is 1.